The molecular formula is C8H15FO2. The van der Waals surface area contributed by atoms with Gasteiger partial charge < -0.3 is 4.74 Å². The summed E-state index contributed by atoms with van der Waals surface area (Å²) in [7, 11) is 0. The molecule has 1 unspecified atom stereocenters. The highest BCUT2D eigenvalue weighted by Crippen LogP contribution is 2.04. The third-order valence-corrected chi connectivity index (χ3v) is 1.39. The van der Waals surface area contributed by atoms with Crippen molar-refractivity contribution in [2.24, 2.45) is 5.92 Å². The number of carbonyl (C=O) groups excluding carboxylic acids is 1. The largest absolute Gasteiger partial charge is 0.465 e. The Morgan fingerprint density at radius 1 is 1.64 bits per heavy atom. The zero-order chi connectivity index (χ0) is 8.69. The van der Waals surface area contributed by atoms with Gasteiger partial charge in [0.15, 0.2) is 0 Å². The highest BCUT2D eigenvalue weighted by atomic mass is 19.1. The third kappa shape index (κ3) is 4.76. The van der Waals surface area contributed by atoms with E-state index in [-0.39, 0.29) is 18.3 Å². The van der Waals surface area contributed by atoms with E-state index < -0.39 is 6.67 Å². The topological polar surface area (TPSA) is 26.3 Å². The molecule has 0 spiro atoms. The first-order chi connectivity index (χ1) is 5.22. The Kier molecular flexibility index (Phi) is 5.80. The first-order valence-corrected chi connectivity index (χ1v) is 3.95. The molecule has 0 aliphatic heterocycles. The second-order valence-electron chi connectivity index (χ2n) is 2.55. The molecule has 0 aromatic carbocycles. The molecule has 11 heavy (non-hydrogen) atoms. The number of hydrogen-bond donors (Lipinski definition) is 0. The minimum atomic E-state index is -0.456. The molecule has 66 valence electrons. The van der Waals surface area contributed by atoms with Gasteiger partial charge in [-0.1, -0.05) is 13.8 Å². The van der Waals surface area contributed by atoms with Crippen molar-refractivity contribution in [3.63, 3.8) is 0 Å². The number of alkyl halides is 1. The zero-order valence-corrected chi connectivity index (χ0v) is 7.10. The molecule has 0 aromatic heterocycles. The van der Waals surface area contributed by atoms with E-state index >= 15 is 0 Å². The Bertz CT molecular complexity index is 115. The number of esters is 1. The van der Waals surface area contributed by atoms with E-state index in [0.717, 1.165) is 6.42 Å². The van der Waals surface area contributed by atoms with Gasteiger partial charge >= 0.3 is 5.97 Å². The summed E-state index contributed by atoms with van der Waals surface area (Å²) >= 11 is 0. The number of rotatable bonds is 5. The molecule has 0 aliphatic rings. The van der Waals surface area contributed by atoms with Crippen LogP contribution in [0.25, 0.3) is 0 Å². The molecule has 0 rings (SSSR count). The molecule has 3 heteroatoms. The van der Waals surface area contributed by atoms with E-state index in [0.29, 0.717) is 6.61 Å². The van der Waals surface area contributed by atoms with Crippen LogP contribution in [0, 0.1) is 5.92 Å². The minimum absolute atomic E-state index is 0.266. The summed E-state index contributed by atoms with van der Waals surface area (Å²) in [5.41, 5.74) is 0. The smallest absolute Gasteiger partial charge is 0.308 e. The summed E-state index contributed by atoms with van der Waals surface area (Å²) in [5.74, 6) is -0.587. The number of halogens is 1. The Morgan fingerprint density at radius 2 is 2.27 bits per heavy atom. The molecule has 0 saturated carbocycles. The lowest BCUT2D eigenvalue weighted by Crippen LogP contribution is -2.15. The van der Waals surface area contributed by atoms with Gasteiger partial charge in [0.05, 0.1) is 19.2 Å². The fourth-order valence-electron chi connectivity index (χ4n) is 0.626. The van der Waals surface area contributed by atoms with Crippen LogP contribution in [0.5, 0.6) is 0 Å². The predicted octanol–water partition coefficient (Wildman–Crippen LogP) is 1.94. The van der Waals surface area contributed by atoms with Crippen molar-refractivity contribution in [3.05, 3.63) is 0 Å². The van der Waals surface area contributed by atoms with Crippen LogP contribution < -0.4 is 0 Å². The van der Waals surface area contributed by atoms with Gasteiger partial charge in [0.25, 0.3) is 0 Å². The van der Waals surface area contributed by atoms with Crippen molar-refractivity contribution in [1.82, 2.24) is 0 Å². The molecule has 0 saturated heterocycles. The fourth-order valence-corrected chi connectivity index (χ4v) is 0.626. The van der Waals surface area contributed by atoms with Gasteiger partial charge in [-0.15, -0.1) is 0 Å². The first-order valence-electron chi connectivity index (χ1n) is 3.95. The van der Waals surface area contributed by atoms with Crippen molar-refractivity contribution in [1.29, 1.82) is 0 Å². The molecule has 0 fully saturated rings. The van der Waals surface area contributed by atoms with E-state index in [1.165, 1.54) is 0 Å². The van der Waals surface area contributed by atoms with Gasteiger partial charge in [-0.2, -0.15) is 0 Å². The van der Waals surface area contributed by atoms with Crippen molar-refractivity contribution < 1.29 is 13.9 Å². The standard InChI is InChI=1S/C8H15FO2/c1-3-6-11-8(10)7(2)4-5-9/h7H,3-6H2,1-2H3. The normalized spacial score (nSPS) is 12.6. The molecule has 1 atom stereocenters. The Morgan fingerprint density at radius 3 is 2.73 bits per heavy atom. The van der Waals surface area contributed by atoms with Crippen LogP contribution in [0.15, 0.2) is 0 Å². The molecule has 0 N–H and O–H groups in total. The molecule has 0 heterocycles. The molecule has 2 nitrogen and oxygen atoms in total. The maximum atomic E-state index is 11.7. The van der Waals surface area contributed by atoms with E-state index in [4.69, 9.17) is 4.74 Å². The zero-order valence-electron chi connectivity index (χ0n) is 7.10. The summed E-state index contributed by atoms with van der Waals surface area (Å²) in [6.07, 6.45) is 1.08. The lowest BCUT2D eigenvalue weighted by molar-refractivity contribution is -0.148. The maximum absolute atomic E-state index is 11.7. The Labute approximate surface area is 66.7 Å². The van der Waals surface area contributed by atoms with Crippen molar-refractivity contribution in [2.75, 3.05) is 13.3 Å². The lowest BCUT2D eigenvalue weighted by Gasteiger charge is -2.07. The first kappa shape index (κ1) is 10.4. The average Bonchev–Trinajstić information content (AvgIpc) is 2.00. The summed E-state index contributed by atoms with van der Waals surface area (Å²) in [4.78, 5) is 10.9. The summed E-state index contributed by atoms with van der Waals surface area (Å²) in [5, 5.41) is 0. The van der Waals surface area contributed by atoms with Crippen molar-refractivity contribution in [2.45, 2.75) is 26.7 Å². The van der Waals surface area contributed by atoms with Crippen LogP contribution in [-0.4, -0.2) is 19.3 Å². The number of ether oxygens (including phenoxy) is 1. The molecular weight excluding hydrogens is 147 g/mol. The van der Waals surface area contributed by atoms with Crippen LogP contribution >= 0.6 is 0 Å². The highest BCUT2D eigenvalue weighted by Gasteiger charge is 2.12. The molecule has 0 aromatic rings. The molecule has 0 aliphatic carbocycles. The van der Waals surface area contributed by atoms with E-state index in [1.54, 1.807) is 6.92 Å². The minimum Gasteiger partial charge on any atom is -0.465 e. The number of carbonyl (C=O) groups is 1. The monoisotopic (exact) mass is 162 g/mol. The van der Waals surface area contributed by atoms with Crippen LogP contribution in [0.1, 0.15) is 26.7 Å². The van der Waals surface area contributed by atoms with Crippen molar-refractivity contribution in [3.8, 4) is 0 Å². The maximum Gasteiger partial charge on any atom is 0.308 e. The van der Waals surface area contributed by atoms with Gasteiger partial charge in [-0.05, 0) is 12.8 Å². The van der Waals surface area contributed by atoms with Crippen LogP contribution in [0.3, 0.4) is 0 Å². The molecule has 0 radical (unpaired) electrons. The number of hydrogen-bond acceptors (Lipinski definition) is 2. The fraction of sp³-hybridized carbons (Fsp3) is 0.875. The summed E-state index contributed by atoms with van der Waals surface area (Å²) in [6.45, 7) is 3.59. The third-order valence-electron chi connectivity index (χ3n) is 1.39. The van der Waals surface area contributed by atoms with Crippen molar-refractivity contribution >= 4 is 5.97 Å². The van der Waals surface area contributed by atoms with Gasteiger partial charge in [0, 0.05) is 0 Å². The highest BCUT2D eigenvalue weighted by molar-refractivity contribution is 5.71. The van der Waals surface area contributed by atoms with Crippen LogP contribution in [0.4, 0.5) is 4.39 Å². The van der Waals surface area contributed by atoms with Gasteiger partial charge in [0.2, 0.25) is 0 Å². The van der Waals surface area contributed by atoms with Gasteiger partial charge in [0.1, 0.15) is 0 Å². The molecule has 0 amide bonds. The average molecular weight is 162 g/mol. The molecule has 0 bridgehead atoms. The Balaban J connectivity index is 3.47. The van der Waals surface area contributed by atoms with Crippen LogP contribution in [-0.2, 0) is 9.53 Å². The predicted molar refractivity (Wildman–Crippen MR) is 41.0 cm³/mol. The summed E-state index contributed by atoms with van der Waals surface area (Å²) in [6, 6.07) is 0. The summed E-state index contributed by atoms with van der Waals surface area (Å²) < 4.78 is 16.5. The Hall–Kier alpha value is -0.600. The van der Waals surface area contributed by atoms with Crippen LogP contribution in [0.2, 0.25) is 0 Å². The van der Waals surface area contributed by atoms with Gasteiger partial charge in [-0.3, -0.25) is 9.18 Å². The second kappa shape index (κ2) is 6.13. The van der Waals surface area contributed by atoms with Gasteiger partial charge in [-0.25, -0.2) is 0 Å². The quantitative estimate of drug-likeness (QED) is 0.577. The van der Waals surface area contributed by atoms with E-state index in [1.807, 2.05) is 6.92 Å². The van der Waals surface area contributed by atoms with E-state index in [9.17, 15) is 9.18 Å². The van der Waals surface area contributed by atoms with E-state index in [2.05, 4.69) is 0 Å². The second-order valence-corrected chi connectivity index (χ2v) is 2.55. The lowest BCUT2D eigenvalue weighted by atomic mass is 10.1. The SMILES string of the molecule is CCCOC(=O)C(C)CCF.